The zero-order chi connectivity index (χ0) is 17.6. The highest BCUT2D eigenvalue weighted by atomic mass is 14.9. The van der Waals surface area contributed by atoms with Crippen molar-refractivity contribution in [1.29, 1.82) is 0 Å². The number of rotatable bonds is 5. The first-order valence-corrected chi connectivity index (χ1v) is 9.03. The normalized spacial score (nSPS) is 13.2. The molecule has 0 bridgehead atoms. The van der Waals surface area contributed by atoms with Gasteiger partial charge in [0.05, 0.1) is 0 Å². The van der Waals surface area contributed by atoms with Crippen LogP contribution in [-0.2, 0) is 0 Å². The largest absolute Gasteiger partial charge is 0.356 e. The molecule has 0 aromatic heterocycles. The summed E-state index contributed by atoms with van der Waals surface area (Å²) in [5, 5.41) is 6.87. The Bertz CT molecular complexity index is 905. The average Bonchev–Trinajstić information content (AvgIpc) is 2.71. The third-order valence-electron chi connectivity index (χ3n) is 4.45. The van der Waals surface area contributed by atoms with E-state index >= 15 is 0 Å². The zero-order valence-corrected chi connectivity index (χ0v) is 14.7. The molecule has 1 aliphatic carbocycles. The lowest BCUT2D eigenvalue weighted by Crippen LogP contribution is -1.98. The maximum Gasteiger partial charge on any atom is 0.0384 e. The van der Waals surface area contributed by atoms with Crippen molar-refractivity contribution in [1.82, 2.24) is 0 Å². The number of nitrogens with one attached hydrogen (secondary N) is 2. The van der Waals surface area contributed by atoms with E-state index in [2.05, 4.69) is 89.5 Å². The first-order chi connectivity index (χ1) is 12.9. The Labute approximate surface area is 154 Å². The van der Waals surface area contributed by atoms with Gasteiger partial charge < -0.3 is 10.6 Å². The van der Waals surface area contributed by atoms with Gasteiger partial charge >= 0.3 is 0 Å². The molecular formula is C24H22N2. The quantitative estimate of drug-likeness (QED) is 0.538. The molecule has 0 spiro atoms. The number of benzene rings is 3. The van der Waals surface area contributed by atoms with Gasteiger partial charge in [-0.3, -0.25) is 0 Å². The lowest BCUT2D eigenvalue weighted by atomic mass is 10.0. The first kappa shape index (κ1) is 16.2. The number of hydrogen-bond donors (Lipinski definition) is 2. The summed E-state index contributed by atoms with van der Waals surface area (Å²) >= 11 is 0. The molecule has 3 aromatic rings. The highest BCUT2D eigenvalue weighted by molar-refractivity contribution is 5.70. The van der Waals surface area contributed by atoms with Gasteiger partial charge in [-0.05, 0) is 66.4 Å². The van der Waals surface area contributed by atoms with Crippen LogP contribution in [0.25, 0.3) is 11.1 Å². The summed E-state index contributed by atoms with van der Waals surface area (Å²) in [7, 11) is 0. The van der Waals surface area contributed by atoms with Crippen molar-refractivity contribution in [2.45, 2.75) is 12.8 Å². The van der Waals surface area contributed by atoms with E-state index in [4.69, 9.17) is 0 Å². The monoisotopic (exact) mass is 338 g/mol. The van der Waals surface area contributed by atoms with Crippen LogP contribution in [-0.4, -0.2) is 0 Å². The Morgan fingerprint density at radius 1 is 0.538 bits per heavy atom. The molecule has 0 fully saturated rings. The van der Waals surface area contributed by atoms with E-state index in [1.165, 1.54) is 16.8 Å². The summed E-state index contributed by atoms with van der Waals surface area (Å²) in [4.78, 5) is 0. The standard InChI is InChI=1S/C24H22N2/c1-3-7-21(8-4-1)25-23-15-11-19(12-16-23)20-13-17-24(18-14-20)26-22-9-5-2-6-10-22/h1,3-5,7-18,25-26H,2,6H2. The SMILES string of the molecule is C1=CC(Nc2ccc(-c3ccc(Nc4ccccc4)cc3)cc2)=CCC1. The van der Waals surface area contributed by atoms with Gasteiger partial charge in [-0.25, -0.2) is 0 Å². The van der Waals surface area contributed by atoms with Crippen molar-refractivity contribution in [3.05, 3.63) is 103 Å². The van der Waals surface area contributed by atoms with Crippen LogP contribution in [0, 0.1) is 0 Å². The van der Waals surface area contributed by atoms with Crippen molar-refractivity contribution >= 4 is 17.1 Å². The molecule has 26 heavy (non-hydrogen) atoms. The zero-order valence-electron chi connectivity index (χ0n) is 14.7. The molecule has 4 rings (SSSR count). The molecule has 0 saturated carbocycles. The number of para-hydroxylation sites is 1. The Balaban J connectivity index is 1.44. The van der Waals surface area contributed by atoms with Gasteiger partial charge in [-0.1, -0.05) is 54.6 Å². The van der Waals surface area contributed by atoms with Crippen molar-refractivity contribution in [2.75, 3.05) is 10.6 Å². The van der Waals surface area contributed by atoms with E-state index in [9.17, 15) is 0 Å². The van der Waals surface area contributed by atoms with Crippen molar-refractivity contribution in [2.24, 2.45) is 0 Å². The molecule has 0 amide bonds. The van der Waals surface area contributed by atoms with Crippen molar-refractivity contribution in [3.63, 3.8) is 0 Å². The minimum atomic E-state index is 1.09. The van der Waals surface area contributed by atoms with E-state index in [0.29, 0.717) is 0 Å². The fourth-order valence-electron chi connectivity index (χ4n) is 3.05. The fraction of sp³-hybridized carbons (Fsp3) is 0.0833. The molecule has 1 aliphatic rings. The van der Waals surface area contributed by atoms with Gasteiger partial charge in [0.25, 0.3) is 0 Å². The van der Waals surface area contributed by atoms with Crippen LogP contribution in [0.4, 0.5) is 17.1 Å². The third kappa shape index (κ3) is 4.04. The summed E-state index contributed by atoms with van der Waals surface area (Å²) in [6.45, 7) is 0. The smallest absolute Gasteiger partial charge is 0.0384 e. The maximum atomic E-state index is 3.46. The van der Waals surface area contributed by atoms with Crippen LogP contribution in [0.5, 0.6) is 0 Å². The summed E-state index contributed by atoms with van der Waals surface area (Å²) in [6.07, 6.45) is 8.85. The minimum absolute atomic E-state index is 1.09. The molecule has 128 valence electrons. The second-order valence-electron chi connectivity index (χ2n) is 6.41. The van der Waals surface area contributed by atoms with Crippen LogP contribution >= 0.6 is 0 Å². The molecule has 0 radical (unpaired) electrons. The van der Waals surface area contributed by atoms with Gasteiger partial charge in [-0.15, -0.1) is 0 Å². The van der Waals surface area contributed by atoms with Crippen LogP contribution in [0.15, 0.2) is 103 Å². The average molecular weight is 338 g/mol. The molecule has 3 aromatic carbocycles. The highest BCUT2D eigenvalue weighted by Gasteiger charge is 2.01. The molecule has 2 N–H and O–H groups in total. The van der Waals surface area contributed by atoms with E-state index in [1.807, 2.05) is 18.2 Å². The highest BCUT2D eigenvalue weighted by Crippen LogP contribution is 2.25. The van der Waals surface area contributed by atoms with Crippen molar-refractivity contribution in [3.8, 4) is 11.1 Å². The number of anilines is 3. The Morgan fingerprint density at radius 3 is 1.69 bits per heavy atom. The second-order valence-corrected chi connectivity index (χ2v) is 6.41. The molecule has 2 heteroatoms. The van der Waals surface area contributed by atoms with Gasteiger partial charge in [0.1, 0.15) is 0 Å². The first-order valence-electron chi connectivity index (χ1n) is 9.03. The topological polar surface area (TPSA) is 24.1 Å². The second kappa shape index (κ2) is 7.75. The third-order valence-corrected chi connectivity index (χ3v) is 4.45. The predicted molar refractivity (Wildman–Crippen MR) is 112 cm³/mol. The van der Waals surface area contributed by atoms with E-state index in [1.54, 1.807) is 0 Å². The molecule has 0 atom stereocenters. The Kier molecular flexibility index (Phi) is 4.83. The summed E-state index contributed by atoms with van der Waals surface area (Å²) in [5.41, 5.74) is 6.92. The molecule has 2 nitrogen and oxygen atoms in total. The van der Waals surface area contributed by atoms with E-state index < -0.39 is 0 Å². The maximum absolute atomic E-state index is 3.46. The van der Waals surface area contributed by atoms with Crippen LogP contribution < -0.4 is 10.6 Å². The summed E-state index contributed by atoms with van der Waals surface area (Å²) in [5.74, 6) is 0. The molecule has 0 heterocycles. The minimum Gasteiger partial charge on any atom is -0.356 e. The summed E-state index contributed by atoms with van der Waals surface area (Å²) in [6, 6.07) is 27.4. The van der Waals surface area contributed by atoms with Crippen molar-refractivity contribution < 1.29 is 0 Å². The van der Waals surface area contributed by atoms with E-state index in [0.717, 1.165) is 29.9 Å². The van der Waals surface area contributed by atoms with Crippen LogP contribution in [0.2, 0.25) is 0 Å². The number of allylic oxidation sites excluding steroid dienone is 3. The molecule has 0 unspecified atom stereocenters. The van der Waals surface area contributed by atoms with Gasteiger partial charge in [0.15, 0.2) is 0 Å². The van der Waals surface area contributed by atoms with Crippen LogP contribution in [0.3, 0.4) is 0 Å². The fourth-order valence-corrected chi connectivity index (χ4v) is 3.05. The van der Waals surface area contributed by atoms with Gasteiger partial charge in [-0.2, -0.15) is 0 Å². The number of hydrogen-bond acceptors (Lipinski definition) is 2. The Hall–Kier alpha value is -3.26. The predicted octanol–water partition coefficient (Wildman–Crippen LogP) is 6.74. The summed E-state index contributed by atoms with van der Waals surface area (Å²) < 4.78 is 0. The van der Waals surface area contributed by atoms with Gasteiger partial charge in [0.2, 0.25) is 0 Å². The molecular weight excluding hydrogens is 316 g/mol. The van der Waals surface area contributed by atoms with Crippen LogP contribution in [0.1, 0.15) is 12.8 Å². The lowest BCUT2D eigenvalue weighted by molar-refractivity contribution is 1.02. The molecule has 0 aliphatic heterocycles. The van der Waals surface area contributed by atoms with E-state index in [-0.39, 0.29) is 0 Å². The molecule has 0 saturated heterocycles. The lowest BCUT2D eigenvalue weighted by Gasteiger charge is -2.11. The Morgan fingerprint density at radius 2 is 1.12 bits per heavy atom. The van der Waals surface area contributed by atoms with Gasteiger partial charge in [0, 0.05) is 22.8 Å².